The average Bonchev–Trinajstić information content (AvgIpc) is 3.39. The number of halogens is 1. The number of hydrogen-bond donors (Lipinski definition) is 1. The largest absolute Gasteiger partial charge is 0.310 e. The highest BCUT2D eigenvalue weighted by atomic mass is 19.1. The van der Waals surface area contributed by atoms with E-state index in [4.69, 9.17) is 0 Å². The molecule has 0 saturated heterocycles. The molecule has 1 aromatic heterocycles. The predicted octanol–water partition coefficient (Wildman–Crippen LogP) is 4.39. The lowest BCUT2D eigenvalue weighted by Crippen LogP contribution is -2.14. The van der Waals surface area contributed by atoms with Gasteiger partial charge < -0.3 is 5.32 Å². The first-order chi connectivity index (χ1) is 11.2. The van der Waals surface area contributed by atoms with Crippen LogP contribution in [0.15, 0.2) is 54.7 Å². The van der Waals surface area contributed by atoms with Crippen LogP contribution in [0.5, 0.6) is 0 Å². The van der Waals surface area contributed by atoms with E-state index in [2.05, 4.69) is 10.3 Å². The third-order valence-electron chi connectivity index (χ3n) is 4.08. The highest BCUT2D eigenvalue weighted by Crippen LogP contribution is 2.30. The van der Waals surface area contributed by atoms with E-state index in [1.807, 2.05) is 30.3 Å². The molecule has 0 bridgehead atoms. The van der Waals surface area contributed by atoms with Crippen LogP contribution in [0.1, 0.15) is 12.8 Å². The second-order valence-corrected chi connectivity index (χ2v) is 5.91. The third-order valence-corrected chi connectivity index (χ3v) is 4.08. The SMILES string of the molecule is O=C(Nc1cc2ccc(-c3cccc(F)c3)cc2cn1)C1CC1. The monoisotopic (exact) mass is 306 g/mol. The molecule has 114 valence electrons. The number of carbonyl (C=O) groups is 1. The van der Waals surface area contributed by atoms with Gasteiger partial charge in [-0.15, -0.1) is 0 Å². The van der Waals surface area contributed by atoms with E-state index < -0.39 is 0 Å². The van der Waals surface area contributed by atoms with Crippen LogP contribution in [-0.4, -0.2) is 10.9 Å². The Morgan fingerprint density at radius 3 is 2.65 bits per heavy atom. The van der Waals surface area contributed by atoms with Crippen LogP contribution in [0.25, 0.3) is 21.9 Å². The van der Waals surface area contributed by atoms with Crippen LogP contribution in [0.4, 0.5) is 10.2 Å². The maximum absolute atomic E-state index is 13.4. The molecule has 3 aromatic rings. The number of nitrogens with one attached hydrogen (secondary N) is 1. The quantitative estimate of drug-likeness (QED) is 0.780. The molecular weight excluding hydrogens is 291 g/mol. The Morgan fingerprint density at radius 1 is 1.04 bits per heavy atom. The Labute approximate surface area is 133 Å². The molecule has 0 spiro atoms. The molecule has 0 atom stereocenters. The molecule has 1 amide bonds. The minimum atomic E-state index is -0.251. The zero-order chi connectivity index (χ0) is 15.8. The summed E-state index contributed by atoms with van der Waals surface area (Å²) in [7, 11) is 0. The molecule has 1 fully saturated rings. The Kier molecular flexibility index (Phi) is 3.30. The lowest BCUT2D eigenvalue weighted by molar-refractivity contribution is -0.117. The number of carbonyl (C=O) groups excluding carboxylic acids is 1. The topological polar surface area (TPSA) is 42.0 Å². The molecular formula is C19H15FN2O. The molecule has 2 aromatic carbocycles. The van der Waals surface area contributed by atoms with Gasteiger partial charge in [0.15, 0.2) is 0 Å². The van der Waals surface area contributed by atoms with E-state index in [1.54, 1.807) is 12.3 Å². The Hall–Kier alpha value is -2.75. The van der Waals surface area contributed by atoms with Crippen molar-refractivity contribution in [3.05, 3.63) is 60.5 Å². The van der Waals surface area contributed by atoms with E-state index in [1.165, 1.54) is 12.1 Å². The van der Waals surface area contributed by atoms with Gasteiger partial charge in [0.1, 0.15) is 11.6 Å². The molecule has 23 heavy (non-hydrogen) atoms. The number of hydrogen-bond acceptors (Lipinski definition) is 2. The van der Waals surface area contributed by atoms with Crippen LogP contribution >= 0.6 is 0 Å². The number of amides is 1. The Bertz CT molecular complexity index is 903. The molecule has 1 N–H and O–H groups in total. The fourth-order valence-electron chi connectivity index (χ4n) is 2.63. The number of fused-ring (bicyclic) bond motifs is 1. The van der Waals surface area contributed by atoms with Gasteiger partial charge in [-0.25, -0.2) is 9.37 Å². The van der Waals surface area contributed by atoms with Gasteiger partial charge in [-0.05, 0) is 53.6 Å². The summed E-state index contributed by atoms with van der Waals surface area (Å²) in [5.74, 6) is 0.530. The van der Waals surface area contributed by atoms with Crippen LogP contribution in [-0.2, 0) is 4.79 Å². The van der Waals surface area contributed by atoms with E-state index >= 15 is 0 Å². The van der Waals surface area contributed by atoms with Gasteiger partial charge in [0.05, 0.1) is 0 Å². The lowest BCUT2D eigenvalue weighted by Gasteiger charge is -2.07. The van der Waals surface area contributed by atoms with Crippen molar-refractivity contribution in [2.45, 2.75) is 12.8 Å². The maximum Gasteiger partial charge on any atom is 0.228 e. The summed E-state index contributed by atoms with van der Waals surface area (Å²) in [6.07, 6.45) is 3.67. The number of benzene rings is 2. The third kappa shape index (κ3) is 2.93. The van der Waals surface area contributed by atoms with Gasteiger partial charge >= 0.3 is 0 Å². The molecule has 4 heteroatoms. The van der Waals surface area contributed by atoms with E-state index in [0.29, 0.717) is 5.82 Å². The van der Waals surface area contributed by atoms with Crippen LogP contribution in [0, 0.1) is 11.7 Å². The second-order valence-electron chi connectivity index (χ2n) is 5.91. The summed E-state index contributed by atoms with van der Waals surface area (Å²) in [6.45, 7) is 0. The van der Waals surface area contributed by atoms with E-state index in [-0.39, 0.29) is 17.6 Å². The number of pyridine rings is 1. The van der Waals surface area contributed by atoms with Crippen molar-refractivity contribution >= 4 is 22.5 Å². The fourth-order valence-corrected chi connectivity index (χ4v) is 2.63. The summed E-state index contributed by atoms with van der Waals surface area (Å²) < 4.78 is 13.4. The van der Waals surface area contributed by atoms with Gasteiger partial charge in [0.25, 0.3) is 0 Å². The molecule has 1 heterocycles. The standard InChI is InChI=1S/C19H15FN2O/c20-17-3-1-2-13(9-17)14-6-7-15-10-18(21-11-16(15)8-14)22-19(23)12-4-5-12/h1-3,6-12H,4-5H2,(H,21,22,23). The van der Waals surface area contributed by atoms with Gasteiger partial charge in [-0.1, -0.05) is 24.3 Å². The molecule has 1 aliphatic carbocycles. The molecule has 0 radical (unpaired) electrons. The van der Waals surface area contributed by atoms with Gasteiger partial charge in [-0.3, -0.25) is 4.79 Å². The first kappa shape index (κ1) is 13.9. The molecule has 1 aliphatic rings. The van der Waals surface area contributed by atoms with E-state index in [9.17, 15) is 9.18 Å². The molecule has 0 aliphatic heterocycles. The zero-order valence-electron chi connectivity index (χ0n) is 12.4. The maximum atomic E-state index is 13.4. The van der Waals surface area contributed by atoms with Crippen LogP contribution in [0.3, 0.4) is 0 Å². The predicted molar refractivity (Wildman–Crippen MR) is 88.5 cm³/mol. The Morgan fingerprint density at radius 2 is 1.87 bits per heavy atom. The molecule has 4 rings (SSSR count). The highest BCUT2D eigenvalue weighted by Gasteiger charge is 2.29. The average molecular weight is 306 g/mol. The lowest BCUT2D eigenvalue weighted by atomic mass is 10.0. The summed E-state index contributed by atoms with van der Waals surface area (Å²) in [5, 5.41) is 4.80. The minimum absolute atomic E-state index is 0.0493. The van der Waals surface area contributed by atoms with Crippen molar-refractivity contribution in [3.8, 4) is 11.1 Å². The number of nitrogens with zero attached hydrogens (tertiary/aromatic N) is 1. The summed E-state index contributed by atoms with van der Waals surface area (Å²) in [4.78, 5) is 16.1. The van der Waals surface area contributed by atoms with Gasteiger partial charge in [0.2, 0.25) is 5.91 Å². The normalized spacial score (nSPS) is 14.0. The van der Waals surface area contributed by atoms with Crippen molar-refractivity contribution in [1.29, 1.82) is 0 Å². The summed E-state index contributed by atoms with van der Waals surface area (Å²) in [6, 6.07) is 14.3. The Balaban J connectivity index is 1.65. The zero-order valence-corrected chi connectivity index (χ0v) is 12.4. The first-order valence-electron chi connectivity index (χ1n) is 7.66. The molecule has 0 unspecified atom stereocenters. The van der Waals surface area contributed by atoms with Gasteiger partial charge in [0, 0.05) is 17.5 Å². The summed E-state index contributed by atoms with van der Waals surface area (Å²) >= 11 is 0. The number of anilines is 1. The number of rotatable bonds is 3. The van der Waals surface area contributed by atoms with Crippen molar-refractivity contribution in [2.75, 3.05) is 5.32 Å². The van der Waals surface area contributed by atoms with Crippen molar-refractivity contribution < 1.29 is 9.18 Å². The summed E-state index contributed by atoms with van der Waals surface area (Å²) in [5.41, 5.74) is 1.77. The molecule has 3 nitrogen and oxygen atoms in total. The number of aromatic nitrogens is 1. The fraction of sp³-hybridized carbons (Fsp3) is 0.158. The smallest absolute Gasteiger partial charge is 0.228 e. The highest BCUT2D eigenvalue weighted by molar-refractivity contribution is 5.95. The van der Waals surface area contributed by atoms with Crippen LogP contribution < -0.4 is 5.32 Å². The minimum Gasteiger partial charge on any atom is -0.310 e. The van der Waals surface area contributed by atoms with E-state index in [0.717, 1.165) is 34.7 Å². The van der Waals surface area contributed by atoms with Crippen LogP contribution in [0.2, 0.25) is 0 Å². The van der Waals surface area contributed by atoms with Crippen molar-refractivity contribution in [1.82, 2.24) is 4.98 Å². The second kappa shape index (κ2) is 5.47. The van der Waals surface area contributed by atoms with Gasteiger partial charge in [-0.2, -0.15) is 0 Å². The van der Waals surface area contributed by atoms with Crippen molar-refractivity contribution in [2.24, 2.45) is 5.92 Å². The molecule has 1 saturated carbocycles. The first-order valence-corrected chi connectivity index (χ1v) is 7.66. The van der Waals surface area contributed by atoms with Crippen molar-refractivity contribution in [3.63, 3.8) is 0 Å².